The Labute approximate surface area is 141 Å². The molecule has 3 aromatic rings. The summed E-state index contributed by atoms with van der Waals surface area (Å²) in [5, 5.41) is 0. The Morgan fingerprint density at radius 1 is 1.12 bits per heavy atom. The van der Waals surface area contributed by atoms with Gasteiger partial charge in [0.2, 0.25) is 5.88 Å². The molecule has 2 aromatic heterocycles. The molecule has 4 rings (SSSR count). The summed E-state index contributed by atoms with van der Waals surface area (Å²) in [4.78, 5) is 15.2. The van der Waals surface area contributed by atoms with Gasteiger partial charge in [-0.25, -0.2) is 9.97 Å². The predicted molar refractivity (Wildman–Crippen MR) is 92.3 cm³/mol. The van der Waals surface area contributed by atoms with Crippen molar-refractivity contribution in [3.8, 4) is 11.6 Å². The Balaban J connectivity index is 1.60. The Morgan fingerprint density at radius 3 is 2.88 bits per heavy atom. The van der Waals surface area contributed by atoms with Crippen molar-refractivity contribution < 1.29 is 4.74 Å². The molecule has 24 heavy (non-hydrogen) atoms. The molecule has 3 heterocycles. The molecule has 0 saturated heterocycles. The van der Waals surface area contributed by atoms with E-state index < -0.39 is 0 Å². The summed E-state index contributed by atoms with van der Waals surface area (Å²) in [5.41, 5.74) is 2.62. The summed E-state index contributed by atoms with van der Waals surface area (Å²) < 4.78 is 5.82. The van der Waals surface area contributed by atoms with Gasteiger partial charge in [-0.05, 0) is 42.7 Å². The second-order valence-electron chi connectivity index (χ2n) is 5.82. The molecular formula is C19H18N4O. The van der Waals surface area contributed by atoms with Gasteiger partial charge in [-0.2, -0.15) is 0 Å². The number of fused-ring (bicyclic) bond motifs is 1. The molecule has 0 N–H and O–H groups in total. The Morgan fingerprint density at radius 2 is 2.00 bits per heavy atom. The molecule has 5 heteroatoms. The van der Waals surface area contributed by atoms with Crippen LogP contribution in [-0.2, 0) is 6.42 Å². The largest absolute Gasteiger partial charge is 0.439 e. The van der Waals surface area contributed by atoms with Gasteiger partial charge in [-0.15, -0.1) is 0 Å². The number of rotatable bonds is 3. The topological polar surface area (TPSA) is 51.1 Å². The molecule has 0 aliphatic carbocycles. The highest BCUT2D eigenvalue weighted by Gasteiger charge is 2.25. The van der Waals surface area contributed by atoms with Gasteiger partial charge < -0.3 is 9.64 Å². The smallest absolute Gasteiger partial charge is 0.224 e. The van der Waals surface area contributed by atoms with Crippen molar-refractivity contribution >= 4 is 5.82 Å². The van der Waals surface area contributed by atoms with Crippen LogP contribution >= 0.6 is 0 Å². The van der Waals surface area contributed by atoms with Gasteiger partial charge in [0, 0.05) is 25.0 Å². The number of hydrogen-bond acceptors (Lipinski definition) is 5. The molecule has 0 saturated carbocycles. The Kier molecular flexibility index (Phi) is 3.83. The van der Waals surface area contributed by atoms with Crippen LogP contribution in [0.1, 0.15) is 24.1 Å². The van der Waals surface area contributed by atoms with Crippen molar-refractivity contribution in [2.45, 2.75) is 19.4 Å². The van der Waals surface area contributed by atoms with Crippen LogP contribution in [0, 0.1) is 0 Å². The van der Waals surface area contributed by atoms with E-state index in [1.165, 1.54) is 11.1 Å². The maximum atomic E-state index is 5.82. The van der Waals surface area contributed by atoms with Crippen LogP contribution in [0.2, 0.25) is 0 Å². The first-order valence-electron chi connectivity index (χ1n) is 8.05. The summed E-state index contributed by atoms with van der Waals surface area (Å²) in [7, 11) is 0. The quantitative estimate of drug-likeness (QED) is 0.735. The molecule has 0 fully saturated rings. The molecule has 0 spiro atoms. The van der Waals surface area contributed by atoms with E-state index in [0.717, 1.165) is 24.5 Å². The molecule has 5 nitrogen and oxygen atoms in total. The second-order valence-corrected chi connectivity index (χ2v) is 5.82. The Bertz CT molecular complexity index is 838. The zero-order chi connectivity index (χ0) is 16.4. The van der Waals surface area contributed by atoms with E-state index in [1.807, 2.05) is 48.8 Å². The molecule has 1 aliphatic rings. The number of benzene rings is 1. The number of hydrogen-bond donors (Lipinski definition) is 0. The third-order valence-electron chi connectivity index (χ3n) is 4.37. The maximum Gasteiger partial charge on any atom is 0.224 e. The van der Waals surface area contributed by atoms with E-state index in [2.05, 4.69) is 32.8 Å². The standard InChI is InChI=1S/C19H18N4O/c1-14-17-12-20-9-7-15(17)8-10-23(14)18-11-19(22-13-21-18)24-16-5-3-2-4-6-16/h2-7,9,11-14H,8,10H2,1H3. The third kappa shape index (κ3) is 2.80. The van der Waals surface area contributed by atoms with Gasteiger partial charge in [0.05, 0.1) is 6.04 Å². The highest BCUT2D eigenvalue weighted by Crippen LogP contribution is 2.33. The van der Waals surface area contributed by atoms with E-state index in [1.54, 1.807) is 6.33 Å². The second kappa shape index (κ2) is 6.28. The maximum absolute atomic E-state index is 5.82. The van der Waals surface area contributed by atoms with E-state index in [-0.39, 0.29) is 6.04 Å². The van der Waals surface area contributed by atoms with Crippen LogP contribution in [0.25, 0.3) is 0 Å². The summed E-state index contributed by atoms with van der Waals surface area (Å²) in [5.74, 6) is 2.19. The molecule has 1 atom stereocenters. The van der Waals surface area contributed by atoms with E-state index >= 15 is 0 Å². The van der Waals surface area contributed by atoms with Crippen LogP contribution in [0.3, 0.4) is 0 Å². The number of anilines is 1. The first-order valence-corrected chi connectivity index (χ1v) is 8.05. The van der Waals surface area contributed by atoms with Gasteiger partial charge in [-0.1, -0.05) is 18.2 Å². The third-order valence-corrected chi connectivity index (χ3v) is 4.37. The fourth-order valence-electron chi connectivity index (χ4n) is 3.11. The SMILES string of the molecule is CC1c2cnccc2CCN1c1cc(Oc2ccccc2)ncn1. The summed E-state index contributed by atoms with van der Waals surface area (Å²) in [6.07, 6.45) is 6.35. The van der Waals surface area contributed by atoms with Gasteiger partial charge in [0.1, 0.15) is 17.9 Å². The monoisotopic (exact) mass is 318 g/mol. The van der Waals surface area contributed by atoms with E-state index in [4.69, 9.17) is 4.74 Å². The van der Waals surface area contributed by atoms with Gasteiger partial charge in [0.15, 0.2) is 0 Å². The molecule has 0 bridgehead atoms. The van der Waals surface area contributed by atoms with Crippen molar-refractivity contribution in [2.24, 2.45) is 0 Å². The van der Waals surface area contributed by atoms with Gasteiger partial charge in [-0.3, -0.25) is 4.98 Å². The van der Waals surface area contributed by atoms with Gasteiger partial charge in [0.25, 0.3) is 0 Å². The fraction of sp³-hybridized carbons (Fsp3) is 0.211. The van der Waals surface area contributed by atoms with Crippen LogP contribution in [0.4, 0.5) is 5.82 Å². The molecule has 1 aliphatic heterocycles. The zero-order valence-electron chi connectivity index (χ0n) is 13.5. The van der Waals surface area contributed by atoms with Crippen LogP contribution < -0.4 is 9.64 Å². The highest BCUT2D eigenvalue weighted by molar-refractivity contribution is 5.48. The van der Waals surface area contributed by atoms with Crippen molar-refractivity contribution in [2.75, 3.05) is 11.4 Å². The average molecular weight is 318 g/mol. The Hall–Kier alpha value is -2.95. The molecule has 0 radical (unpaired) electrons. The van der Waals surface area contributed by atoms with Crippen molar-refractivity contribution in [3.05, 3.63) is 72.3 Å². The minimum absolute atomic E-state index is 0.224. The number of pyridine rings is 1. The number of nitrogens with zero attached hydrogens (tertiary/aromatic N) is 4. The summed E-state index contributed by atoms with van der Waals surface area (Å²) >= 11 is 0. The van der Waals surface area contributed by atoms with E-state index in [0.29, 0.717) is 5.88 Å². The fourth-order valence-corrected chi connectivity index (χ4v) is 3.11. The lowest BCUT2D eigenvalue weighted by Gasteiger charge is -2.35. The van der Waals surface area contributed by atoms with Crippen molar-refractivity contribution in [1.29, 1.82) is 0 Å². The number of para-hydroxylation sites is 1. The minimum atomic E-state index is 0.224. The molecule has 120 valence electrons. The average Bonchev–Trinajstić information content (AvgIpc) is 2.63. The lowest BCUT2D eigenvalue weighted by molar-refractivity contribution is 0.460. The summed E-state index contributed by atoms with van der Waals surface area (Å²) in [6, 6.07) is 13.9. The molecule has 0 amide bonds. The minimum Gasteiger partial charge on any atom is -0.439 e. The van der Waals surface area contributed by atoms with Gasteiger partial charge >= 0.3 is 0 Å². The van der Waals surface area contributed by atoms with Crippen LogP contribution in [0.5, 0.6) is 11.6 Å². The lowest BCUT2D eigenvalue weighted by atomic mass is 9.96. The molecular weight excluding hydrogens is 300 g/mol. The lowest BCUT2D eigenvalue weighted by Crippen LogP contribution is -2.34. The normalized spacial score (nSPS) is 16.5. The van der Waals surface area contributed by atoms with Crippen LogP contribution in [-0.4, -0.2) is 21.5 Å². The first-order chi connectivity index (χ1) is 11.8. The molecule has 1 unspecified atom stereocenters. The van der Waals surface area contributed by atoms with E-state index in [9.17, 15) is 0 Å². The summed E-state index contributed by atoms with van der Waals surface area (Å²) in [6.45, 7) is 3.10. The van der Waals surface area contributed by atoms with Crippen molar-refractivity contribution in [1.82, 2.24) is 15.0 Å². The number of aromatic nitrogens is 3. The number of ether oxygens (including phenoxy) is 1. The van der Waals surface area contributed by atoms with Crippen LogP contribution in [0.15, 0.2) is 61.2 Å². The first kappa shape index (κ1) is 14.6. The molecule has 1 aromatic carbocycles. The zero-order valence-corrected chi connectivity index (χ0v) is 13.5. The predicted octanol–water partition coefficient (Wildman–Crippen LogP) is 3.79. The van der Waals surface area contributed by atoms with Crippen molar-refractivity contribution in [3.63, 3.8) is 0 Å². The highest BCUT2D eigenvalue weighted by atomic mass is 16.5.